The molecule has 1 heterocycles. The predicted molar refractivity (Wildman–Crippen MR) is 81.6 cm³/mol. The highest BCUT2D eigenvalue weighted by atomic mass is 79.9. The number of rotatable bonds is 4. The quantitative estimate of drug-likeness (QED) is 0.914. The molecule has 0 aliphatic carbocycles. The van der Waals surface area contributed by atoms with Crippen LogP contribution in [0.25, 0.3) is 0 Å². The van der Waals surface area contributed by atoms with Crippen molar-refractivity contribution in [3.8, 4) is 5.75 Å². The van der Waals surface area contributed by atoms with Crippen molar-refractivity contribution < 1.29 is 4.74 Å². The lowest BCUT2D eigenvalue weighted by atomic mass is 10.0. The number of methoxy groups -OCH3 is 1. The first-order valence-corrected chi connectivity index (χ1v) is 7.41. The molecule has 1 aliphatic heterocycles. The highest BCUT2D eigenvalue weighted by Gasteiger charge is 2.23. The Hall–Kier alpha value is -0.620. The van der Waals surface area contributed by atoms with Crippen molar-refractivity contribution in [1.82, 2.24) is 9.80 Å². The third-order valence-electron chi connectivity index (χ3n) is 3.76. The topological polar surface area (TPSA) is 41.7 Å². The molecule has 106 valence electrons. The monoisotopic (exact) mass is 327 g/mol. The van der Waals surface area contributed by atoms with Gasteiger partial charge in [-0.2, -0.15) is 0 Å². The minimum absolute atomic E-state index is 0.288. The van der Waals surface area contributed by atoms with Gasteiger partial charge in [0.05, 0.1) is 11.6 Å². The third-order valence-corrected chi connectivity index (χ3v) is 4.38. The molecule has 1 aromatic carbocycles. The first-order valence-electron chi connectivity index (χ1n) is 6.61. The van der Waals surface area contributed by atoms with Gasteiger partial charge in [0.25, 0.3) is 0 Å². The van der Waals surface area contributed by atoms with Crippen LogP contribution in [-0.2, 0) is 0 Å². The van der Waals surface area contributed by atoms with Crippen LogP contribution in [0.2, 0.25) is 0 Å². The molecule has 19 heavy (non-hydrogen) atoms. The van der Waals surface area contributed by atoms with Gasteiger partial charge in [-0.15, -0.1) is 0 Å². The first kappa shape index (κ1) is 14.8. The summed E-state index contributed by atoms with van der Waals surface area (Å²) in [5, 5.41) is 0. The van der Waals surface area contributed by atoms with Gasteiger partial charge in [0.1, 0.15) is 5.75 Å². The van der Waals surface area contributed by atoms with Gasteiger partial charge in [-0.1, -0.05) is 6.07 Å². The molecule has 0 saturated carbocycles. The van der Waals surface area contributed by atoms with Gasteiger partial charge in [-0.3, -0.25) is 4.90 Å². The van der Waals surface area contributed by atoms with Crippen LogP contribution in [0, 0.1) is 0 Å². The molecule has 2 rings (SSSR count). The maximum atomic E-state index is 5.99. The fourth-order valence-corrected chi connectivity index (χ4v) is 3.08. The maximum absolute atomic E-state index is 5.99. The molecular weight excluding hydrogens is 306 g/mol. The van der Waals surface area contributed by atoms with Crippen LogP contribution >= 0.6 is 15.9 Å². The minimum Gasteiger partial charge on any atom is -0.496 e. The Kier molecular flexibility index (Phi) is 5.21. The van der Waals surface area contributed by atoms with E-state index in [1.807, 2.05) is 6.07 Å². The molecule has 0 bridgehead atoms. The predicted octanol–water partition coefficient (Wildman–Crippen LogP) is 1.70. The highest BCUT2D eigenvalue weighted by molar-refractivity contribution is 9.10. The Morgan fingerprint density at radius 1 is 1.32 bits per heavy atom. The summed E-state index contributed by atoms with van der Waals surface area (Å²) in [5.41, 5.74) is 7.24. The summed E-state index contributed by atoms with van der Waals surface area (Å²) < 4.78 is 6.26. The number of hydrogen-bond acceptors (Lipinski definition) is 4. The van der Waals surface area contributed by atoms with Crippen LogP contribution in [0.5, 0.6) is 5.75 Å². The van der Waals surface area contributed by atoms with E-state index < -0.39 is 0 Å². The fourth-order valence-electron chi connectivity index (χ4n) is 2.52. The lowest BCUT2D eigenvalue weighted by Crippen LogP contribution is -2.47. The molecule has 1 fully saturated rings. The lowest BCUT2D eigenvalue weighted by molar-refractivity contribution is 0.114. The first-order chi connectivity index (χ1) is 9.15. The Morgan fingerprint density at radius 2 is 2.00 bits per heavy atom. The summed E-state index contributed by atoms with van der Waals surface area (Å²) >= 11 is 3.55. The molecule has 4 nitrogen and oxygen atoms in total. The molecule has 1 aliphatic rings. The van der Waals surface area contributed by atoms with Crippen LogP contribution in [0.4, 0.5) is 0 Å². The molecule has 2 N–H and O–H groups in total. The fraction of sp³-hybridized carbons (Fsp3) is 0.571. The third kappa shape index (κ3) is 3.48. The summed E-state index contributed by atoms with van der Waals surface area (Å²) in [6, 6.07) is 6.52. The van der Waals surface area contributed by atoms with Gasteiger partial charge >= 0.3 is 0 Å². The Labute approximate surface area is 123 Å². The van der Waals surface area contributed by atoms with Crippen LogP contribution < -0.4 is 10.5 Å². The molecule has 1 unspecified atom stereocenters. The molecular formula is C14H22BrN3O. The van der Waals surface area contributed by atoms with Gasteiger partial charge < -0.3 is 15.4 Å². The molecule has 1 aromatic rings. The minimum atomic E-state index is 0.288. The second kappa shape index (κ2) is 6.70. The Bertz CT molecular complexity index is 419. The molecule has 1 saturated heterocycles. The SMILES string of the molecule is COc1ccc(C(CN)N2CCN(C)CC2)cc1Br. The zero-order valence-electron chi connectivity index (χ0n) is 11.6. The highest BCUT2D eigenvalue weighted by Crippen LogP contribution is 2.30. The summed E-state index contributed by atoms with van der Waals surface area (Å²) in [6.45, 7) is 4.99. The molecule has 0 aromatic heterocycles. The van der Waals surface area contributed by atoms with Gasteiger partial charge in [0.2, 0.25) is 0 Å². The zero-order chi connectivity index (χ0) is 13.8. The van der Waals surface area contributed by atoms with Gasteiger partial charge in [0, 0.05) is 38.8 Å². The van der Waals surface area contributed by atoms with E-state index >= 15 is 0 Å². The van der Waals surface area contributed by atoms with Crippen molar-refractivity contribution in [2.45, 2.75) is 6.04 Å². The largest absolute Gasteiger partial charge is 0.496 e. The van der Waals surface area contributed by atoms with Gasteiger partial charge in [-0.05, 0) is 40.7 Å². The van der Waals surface area contributed by atoms with E-state index in [2.05, 4.69) is 44.9 Å². The van der Waals surface area contributed by atoms with Gasteiger partial charge in [0.15, 0.2) is 0 Å². The van der Waals surface area contributed by atoms with Crippen molar-refractivity contribution >= 4 is 15.9 Å². The number of nitrogens with two attached hydrogens (primary N) is 1. The number of halogens is 1. The molecule has 0 amide bonds. The van der Waals surface area contributed by atoms with Gasteiger partial charge in [-0.25, -0.2) is 0 Å². The summed E-state index contributed by atoms with van der Waals surface area (Å²) in [5.74, 6) is 0.859. The smallest absolute Gasteiger partial charge is 0.133 e. The van der Waals surface area contributed by atoms with Crippen LogP contribution in [0.3, 0.4) is 0 Å². The van der Waals surface area contributed by atoms with Crippen molar-refractivity contribution in [2.24, 2.45) is 5.73 Å². The second-order valence-electron chi connectivity index (χ2n) is 4.98. The second-order valence-corrected chi connectivity index (χ2v) is 5.84. The molecule has 0 radical (unpaired) electrons. The van der Waals surface area contributed by atoms with E-state index in [0.717, 1.165) is 36.4 Å². The van der Waals surface area contributed by atoms with E-state index in [1.54, 1.807) is 7.11 Å². The lowest BCUT2D eigenvalue weighted by Gasteiger charge is -2.37. The molecule has 1 atom stereocenters. The van der Waals surface area contributed by atoms with Crippen LogP contribution in [-0.4, -0.2) is 56.7 Å². The zero-order valence-corrected chi connectivity index (χ0v) is 13.2. The van der Waals surface area contributed by atoms with E-state index in [0.29, 0.717) is 6.54 Å². The summed E-state index contributed by atoms with van der Waals surface area (Å²) in [4.78, 5) is 4.82. The summed E-state index contributed by atoms with van der Waals surface area (Å²) in [7, 11) is 3.85. The van der Waals surface area contributed by atoms with Crippen molar-refractivity contribution in [3.05, 3.63) is 28.2 Å². The average molecular weight is 328 g/mol. The maximum Gasteiger partial charge on any atom is 0.133 e. The Balaban J connectivity index is 2.15. The van der Waals surface area contributed by atoms with Crippen molar-refractivity contribution in [3.63, 3.8) is 0 Å². The van der Waals surface area contributed by atoms with Crippen molar-refractivity contribution in [1.29, 1.82) is 0 Å². The van der Waals surface area contributed by atoms with Crippen molar-refractivity contribution in [2.75, 3.05) is 46.9 Å². The number of benzene rings is 1. The van der Waals surface area contributed by atoms with E-state index in [-0.39, 0.29) is 6.04 Å². The number of hydrogen-bond donors (Lipinski definition) is 1. The Morgan fingerprint density at radius 3 is 2.53 bits per heavy atom. The number of nitrogens with zero attached hydrogens (tertiary/aromatic N) is 2. The number of piperazine rings is 1. The van der Waals surface area contributed by atoms with E-state index in [4.69, 9.17) is 10.5 Å². The molecule has 0 spiro atoms. The molecule has 5 heteroatoms. The van der Waals surface area contributed by atoms with E-state index in [9.17, 15) is 0 Å². The van der Waals surface area contributed by atoms with E-state index in [1.165, 1.54) is 5.56 Å². The summed E-state index contributed by atoms with van der Waals surface area (Å²) in [6.07, 6.45) is 0. The number of ether oxygens (including phenoxy) is 1. The standard InChI is InChI=1S/C14H22BrN3O/c1-17-5-7-18(8-6-17)13(10-16)11-3-4-14(19-2)12(15)9-11/h3-4,9,13H,5-8,10,16H2,1-2H3. The van der Waals surface area contributed by atoms with Crippen LogP contribution in [0.15, 0.2) is 22.7 Å². The normalized spacial score (nSPS) is 19.4. The van der Waals surface area contributed by atoms with Crippen LogP contribution in [0.1, 0.15) is 11.6 Å². The average Bonchev–Trinajstić information content (AvgIpc) is 2.42. The number of likely N-dealkylation sites (N-methyl/N-ethyl adjacent to an activating group) is 1.